The predicted octanol–water partition coefficient (Wildman–Crippen LogP) is 8.75. The van der Waals surface area contributed by atoms with Crippen molar-refractivity contribution >= 4 is 11.4 Å². The van der Waals surface area contributed by atoms with Crippen molar-refractivity contribution in [3.63, 3.8) is 0 Å². The van der Waals surface area contributed by atoms with Crippen LogP contribution in [0.25, 0.3) is 16.9 Å². The summed E-state index contributed by atoms with van der Waals surface area (Å²) in [6.45, 7) is 8.76. The van der Waals surface area contributed by atoms with Gasteiger partial charge in [-0.3, -0.25) is 0 Å². The summed E-state index contributed by atoms with van der Waals surface area (Å²) in [6, 6.07) is 17.3. The van der Waals surface area contributed by atoms with Gasteiger partial charge in [0.05, 0.1) is 0 Å². The van der Waals surface area contributed by atoms with Crippen molar-refractivity contribution in [3.8, 4) is 0 Å². The Morgan fingerprint density at radius 3 is 1.45 bits per heavy atom. The molecule has 0 aliphatic carbocycles. The van der Waals surface area contributed by atoms with Crippen LogP contribution in [-0.4, -0.2) is 4.70 Å². The van der Waals surface area contributed by atoms with E-state index in [0.29, 0.717) is 0 Å². The molecule has 2 aromatic carbocycles. The van der Waals surface area contributed by atoms with Crippen molar-refractivity contribution < 1.29 is 19.1 Å². The van der Waals surface area contributed by atoms with Crippen LogP contribution in [0, 0.1) is 0 Å². The summed E-state index contributed by atoms with van der Waals surface area (Å²) in [5, 5.41) is 0. The quantitative estimate of drug-likeness (QED) is 0.277. The van der Waals surface area contributed by atoms with Crippen LogP contribution in [0.1, 0.15) is 75.6 Å². The first-order valence-corrected chi connectivity index (χ1v) is 13.4. The van der Waals surface area contributed by atoms with E-state index in [1.807, 2.05) is 0 Å². The van der Waals surface area contributed by atoms with Crippen LogP contribution < -0.4 is 0 Å². The maximum atomic E-state index is 11.3. The molecule has 0 N–H and O–H groups in total. The van der Waals surface area contributed by atoms with Gasteiger partial charge in [-0.05, 0) is 67.5 Å². The van der Waals surface area contributed by atoms with E-state index in [-0.39, 0.29) is 0 Å². The molecule has 0 saturated heterocycles. The van der Waals surface area contributed by atoms with Gasteiger partial charge in [-0.15, -0.1) is 0 Å². The molecular weight excluding hydrogens is 423 g/mol. The van der Waals surface area contributed by atoms with Crippen LogP contribution in [-0.2, 0) is 27.3 Å². The Morgan fingerprint density at radius 1 is 0.677 bits per heavy atom. The molecule has 31 heavy (non-hydrogen) atoms. The van der Waals surface area contributed by atoms with Crippen LogP contribution in [0.5, 0.6) is 0 Å². The van der Waals surface area contributed by atoms with E-state index in [1.165, 1.54) is 27.0 Å². The molecule has 0 saturated carbocycles. The summed E-state index contributed by atoms with van der Waals surface area (Å²) >= 11 is 1.62. The van der Waals surface area contributed by atoms with E-state index >= 15 is 0 Å². The van der Waals surface area contributed by atoms with Crippen molar-refractivity contribution in [2.45, 2.75) is 78.0 Å². The maximum absolute atomic E-state index is 11.3. The van der Waals surface area contributed by atoms with Gasteiger partial charge in [-0.1, -0.05) is 58.4 Å². The van der Waals surface area contributed by atoms with E-state index in [2.05, 4.69) is 88.0 Å². The third-order valence-electron chi connectivity index (χ3n) is 5.76. The second-order valence-electron chi connectivity index (χ2n) is 7.84. The minimum absolute atomic E-state index is 0.914. The first-order valence-electron chi connectivity index (χ1n) is 11.4. The van der Waals surface area contributed by atoms with Crippen LogP contribution >= 0.6 is 0 Å². The summed E-state index contributed by atoms with van der Waals surface area (Å²) in [6.07, 6.45) is 6.24. The first kappa shape index (κ1) is 25.3. The summed E-state index contributed by atoms with van der Waals surface area (Å²) in [5.41, 5.74) is 20.6. The van der Waals surface area contributed by atoms with Gasteiger partial charge >= 0.3 is 26.2 Å². The molecule has 0 bridgehead atoms. The van der Waals surface area contributed by atoms with Gasteiger partial charge in [-0.2, -0.15) is 0 Å². The zero-order chi connectivity index (χ0) is 22.8. The number of allylic oxidation sites excluding steroid dienone is 2. The number of nitrogens with zero attached hydrogens (tertiary/aromatic N) is 2. The van der Waals surface area contributed by atoms with Crippen molar-refractivity contribution in [1.29, 1.82) is 0 Å². The molecule has 0 unspecified atom stereocenters. The van der Waals surface area contributed by atoms with Gasteiger partial charge < -0.3 is 5.53 Å². The molecule has 1 aliphatic rings. The van der Waals surface area contributed by atoms with Gasteiger partial charge in [-0.25, -0.2) is 4.70 Å². The van der Waals surface area contributed by atoms with E-state index in [9.17, 15) is 5.53 Å². The number of unbranched alkanes of at least 4 members (excludes halogenated alkanes) is 1. The van der Waals surface area contributed by atoms with Gasteiger partial charge in [0.25, 0.3) is 0 Å². The van der Waals surface area contributed by atoms with Gasteiger partial charge in [0.2, 0.25) is 11.4 Å². The summed E-state index contributed by atoms with van der Waals surface area (Å²) in [4.78, 5) is 0. The molecule has 0 aromatic heterocycles. The third-order valence-corrected chi connectivity index (χ3v) is 5.76. The van der Waals surface area contributed by atoms with E-state index in [4.69, 9.17) is 0 Å². The van der Waals surface area contributed by atoms with Gasteiger partial charge in [0, 0.05) is 22.3 Å². The molecule has 0 fully saturated rings. The third kappa shape index (κ3) is 6.04. The fraction of sp³-hybridized carbons (Fsp3) is 0.429. The zero-order valence-electron chi connectivity index (χ0n) is 20.1. The molecule has 2 nitrogen and oxygen atoms in total. The van der Waals surface area contributed by atoms with Crippen molar-refractivity contribution in [2.24, 2.45) is 0 Å². The van der Waals surface area contributed by atoms with Gasteiger partial charge in [0.15, 0.2) is 0 Å². The van der Waals surface area contributed by atoms with Crippen molar-refractivity contribution in [3.05, 3.63) is 87.5 Å². The fourth-order valence-electron chi connectivity index (χ4n) is 4.05. The van der Waals surface area contributed by atoms with Crippen LogP contribution in [0.3, 0.4) is 0 Å². The average molecular weight is 461 g/mol. The molecule has 2 aromatic rings. The standard InChI is InChI=1S/C26H32N2.2CH3.Ni/c1-5-9-10-24-23(8-4)25(21-15-11-19(6-2)12-16-21)28(27)26(24)22-17-13-20(7-3)14-18-22;;;/h11-18H,5-10H2,1-4H3;2*1H3;. The van der Waals surface area contributed by atoms with Crippen LogP contribution in [0.2, 0.25) is 11.8 Å². The average Bonchev–Trinajstić information content (AvgIpc) is 3.09. The molecule has 1 aliphatic heterocycles. The van der Waals surface area contributed by atoms with E-state index in [1.54, 1.807) is 14.4 Å². The van der Waals surface area contributed by atoms with E-state index < -0.39 is 0 Å². The predicted molar refractivity (Wildman–Crippen MR) is 131 cm³/mol. The Kier molecular flexibility index (Phi) is 10.4. The Hall–Kier alpha value is -1.99. The van der Waals surface area contributed by atoms with Crippen LogP contribution in [0.4, 0.5) is 0 Å². The molecule has 0 amide bonds. The molecule has 3 heteroatoms. The summed E-state index contributed by atoms with van der Waals surface area (Å²) < 4.78 is 1.45. The molecule has 0 atom stereocenters. The number of aryl methyl sites for hydroxylation is 2. The first-order chi connectivity index (χ1) is 15.1. The van der Waals surface area contributed by atoms with Gasteiger partial charge in [0.1, 0.15) is 0 Å². The molecule has 0 radical (unpaired) electrons. The van der Waals surface area contributed by atoms with Crippen LogP contribution in [0.15, 0.2) is 59.7 Å². The minimum atomic E-state index is 0.914. The summed E-state index contributed by atoms with van der Waals surface area (Å²) in [5.74, 6) is 4.12. The number of hydrogen-bond acceptors (Lipinski definition) is 0. The number of hydrogen-bond donors (Lipinski definition) is 0. The molecule has 0 spiro atoms. The Bertz CT molecular complexity index is 918. The zero-order valence-corrected chi connectivity index (χ0v) is 21.1. The molecule has 170 valence electrons. The second-order valence-corrected chi connectivity index (χ2v) is 8.83. The normalized spacial score (nSPS) is 13.7. The monoisotopic (exact) mass is 460 g/mol. The van der Waals surface area contributed by atoms with Crippen molar-refractivity contribution in [1.82, 2.24) is 0 Å². The number of benzene rings is 2. The summed E-state index contributed by atoms with van der Waals surface area (Å²) in [7, 11) is 0. The SMILES string of the molecule is CCCCC1=C(c2ccc(CC)cc2)[N+](=[N-])C(c2ccc(CC)cc2)=C1CC.[CH3][Ni][CH3]. The molecule has 3 rings (SSSR count). The molecule has 1 heterocycles. The Labute approximate surface area is 195 Å². The number of rotatable bonds is 8. The molecular formula is C28H38N2Ni. The van der Waals surface area contributed by atoms with E-state index in [0.717, 1.165) is 61.0 Å². The fourth-order valence-corrected chi connectivity index (χ4v) is 4.05. The van der Waals surface area contributed by atoms with Crippen molar-refractivity contribution in [2.75, 3.05) is 0 Å². The Balaban J connectivity index is 0.00000107. The Morgan fingerprint density at radius 2 is 1.10 bits per heavy atom. The topological polar surface area (TPSA) is 25.3 Å². The second kappa shape index (κ2) is 12.8.